The first kappa shape index (κ1) is 22.5. The first-order chi connectivity index (χ1) is 16.4. The maximum Gasteiger partial charge on any atom is 0.0918 e. The maximum absolute atomic E-state index is 6.78. The zero-order valence-corrected chi connectivity index (χ0v) is 20.5. The smallest absolute Gasteiger partial charge is 0.0918 e. The highest BCUT2D eigenvalue weighted by Crippen LogP contribution is 2.45. The zero-order chi connectivity index (χ0) is 22.3. The van der Waals surface area contributed by atoms with Crippen molar-refractivity contribution in [2.24, 2.45) is 0 Å². The lowest BCUT2D eigenvalue weighted by Gasteiger charge is -2.34. The molecule has 4 aromatic carbocycles. The minimum atomic E-state index is -0.833. The molecule has 2 nitrogen and oxygen atoms in total. The van der Waals surface area contributed by atoms with Crippen LogP contribution in [0.15, 0.2) is 121 Å². The molecule has 1 aliphatic rings. The van der Waals surface area contributed by atoms with Crippen molar-refractivity contribution in [3.05, 3.63) is 121 Å². The van der Waals surface area contributed by atoms with Crippen LogP contribution >= 0.6 is 16.2 Å². The van der Waals surface area contributed by atoms with Crippen molar-refractivity contribution < 1.29 is 4.52 Å². The Kier molecular flexibility index (Phi) is 7.61. The van der Waals surface area contributed by atoms with E-state index in [4.69, 9.17) is 4.52 Å². The SMILES string of the molecule is c1ccc(P(OCC2CCCN2P(c2ccccc2)c2ccccc2)c2ccccc2)cc1. The molecule has 0 spiro atoms. The second-order valence-corrected chi connectivity index (χ2v) is 12.3. The standard InChI is InChI=1S/C29H29NOP2/c1-5-15-26(16-6-1)32(27-17-7-2-8-18-27)30-23-13-14-25(30)24-31-33(28-19-9-3-10-20-28)29-21-11-4-12-22-29/h1-12,15-22,25H,13-14,23-24H2. The lowest BCUT2D eigenvalue weighted by Crippen LogP contribution is -2.35. The van der Waals surface area contributed by atoms with E-state index in [1.54, 1.807) is 0 Å². The molecule has 1 unspecified atom stereocenters. The summed E-state index contributed by atoms with van der Waals surface area (Å²) in [5.41, 5.74) is 0. The summed E-state index contributed by atoms with van der Waals surface area (Å²) >= 11 is 0. The number of nitrogens with zero attached hydrogens (tertiary/aromatic N) is 1. The fraction of sp³-hybridized carbons (Fsp3) is 0.172. The average molecular weight is 470 g/mol. The van der Waals surface area contributed by atoms with Gasteiger partial charge in [0.15, 0.2) is 0 Å². The van der Waals surface area contributed by atoms with Gasteiger partial charge in [0, 0.05) is 31.3 Å². The molecular weight excluding hydrogens is 440 g/mol. The molecule has 0 radical (unpaired) electrons. The van der Waals surface area contributed by atoms with E-state index in [0.29, 0.717) is 6.04 Å². The fourth-order valence-electron chi connectivity index (χ4n) is 4.42. The monoisotopic (exact) mass is 469 g/mol. The molecular formula is C29H29NOP2. The van der Waals surface area contributed by atoms with Crippen molar-refractivity contribution in [2.45, 2.75) is 18.9 Å². The van der Waals surface area contributed by atoms with Crippen LogP contribution < -0.4 is 21.2 Å². The van der Waals surface area contributed by atoms with Gasteiger partial charge >= 0.3 is 0 Å². The quantitative estimate of drug-likeness (QED) is 0.313. The first-order valence-corrected chi connectivity index (χ1v) is 14.2. The summed E-state index contributed by atoms with van der Waals surface area (Å²) in [5, 5.41) is 5.38. The van der Waals surface area contributed by atoms with Gasteiger partial charge in [-0.1, -0.05) is 121 Å². The summed E-state index contributed by atoms with van der Waals surface area (Å²) in [6, 6.07) is 43.9. The summed E-state index contributed by atoms with van der Waals surface area (Å²) < 4.78 is 9.51. The molecule has 0 aromatic heterocycles. The highest BCUT2D eigenvalue weighted by molar-refractivity contribution is 7.70. The molecule has 0 N–H and O–H groups in total. The summed E-state index contributed by atoms with van der Waals surface area (Å²) in [7, 11) is -1.40. The molecule has 4 heteroatoms. The van der Waals surface area contributed by atoms with Crippen LogP contribution in [0.25, 0.3) is 0 Å². The van der Waals surface area contributed by atoms with Crippen molar-refractivity contribution in [1.29, 1.82) is 0 Å². The number of hydrogen-bond acceptors (Lipinski definition) is 2. The highest BCUT2D eigenvalue weighted by atomic mass is 31.1. The minimum Gasteiger partial charge on any atom is -0.348 e. The number of benzene rings is 4. The Morgan fingerprint density at radius 3 is 1.48 bits per heavy atom. The van der Waals surface area contributed by atoms with Crippen molar-refractivity contribution in [3.63, 3.8) is 0 Å². The van der Waals surface area contributed by atoms with Gasteiger partial charge in [0.2, 0.25) is 0 Å². The molecule has 4 aromatic rings. The third-order valence-electron chi connectivity index (χ3n) is 5.98. The van der Waals surface area contributed by atoms with Crippen molar-refractivity contribution in [3.8, 4) is 0 Å². The molecule has 0 bridgehead atoms. The Morgan fingerprint density at radius 1 is 0.606 bits per heavy atom. The Balaban J connectivity index is 1.40. The minimum absolute atomic E-state index is 0.425. The van der Waals surface area contributed by atoms with Gasteiger partial charge in [0.05, 0.1) is 14.8 Å². The molecule has 0 aliphatic carbocycles. The van der Waals surface area contributed by atoms with Crippen LogP contribution in [0, 0.1) is 0 Å². The van der Waals surface area contributed by atoms with Crippen molar-refractivity contribution >= 4 is 37.4 Å². The van der Waals surface area contributed by atoms with Crippen LogP contribution in [0.1, 0.15) is 12.8 Å². The molecule has 1 atom stereocenters. The molecule has 1 aliphatic heterocycles. The van der Waals surface area contributed by atoms with Crippen LogP contribution in [0.4, 0.5) is 0 Å². The molecule has 0 amide bonds. The second-order valence-electron chi connectivity index (χ2n) is 8.20. The van der Waals surface area contributed by atoms with E-state index in [2.05, 4.69) is 126 Å². The van der Waals surface area contributed by atoms with Gasteiger partial charge in [-0.2, -0.15) is 0 Å². The average Bonchev–Trinajstić information content (AvgIpc) is 3.35. The van der Waals surface area contributed by atoms with Crippen LogP contribution in [0.5, 0.6) is 0 Å². The molecule has 166 valence electrons. The van der Waals surface area contributed by atoms with E-state index in [1.807, 2.05) is 0 Å². The normalized spacial score (nSPS) is 16.5. The summed E-state index contributed by atoms with van der Waals surface area (Å²) in [6.45, 7) is 1.88. The Hall–Kier alpha value is -2.34. The van der Waals surface area contributed by atoms with Crippen LogP contribution in [0.2, 0.25) is 0 Å². The Bertz CT molecular complexity index is 1030. The Labute approximate surface area is 199 Å². The van der Waals surface area contributed by atoms with E-state index in [-0.39, 0.29) is 0 Å². The van der Waals surface area contributed by atoms with Crippen LogP contribution in [-0.2, 0) is 4.52 Å². The highest BCUT2D eigenvalue weighted by Gasteiger charge is 2.33. The maximum atomic E-state index is 6.78. The third-order valence-corrected chi connectivity index (χ3v) is 10.5. The van der Waals surface area contributed by atoms with Gasteiger partial charge in [-0.25, -0.2) is 0 Å². The van der Waals surface area contributed by atoms with E-state index in [1.165, 1.54) is 34.1 Å². The van der Waals surface area contributed by atoms with Gasteiger partial charge in [0.1, 0.15) is 0 Å². The molecule has 33 heavy (non-hydrogen) atoms. The van der Waals surface area contributed by atoms with Crippen molar-refractivity contribution in [2.75, 3.05) is 13.2 Å². The molecule has 1 saturated heterocycles. The van der Waals surface area contributed by atoms with Gasteiger partial charge in [-0.05, 0) is 23.5 Å². The van der Waals surface area contributed by atoms with Crippen LogP contribution in [0.3, 0.4) is 0 Å². The van der Waals surface area contributed by atoms with E-state index < -0.39 is 16.2 Å². The van der Waals surface area contributed by atoms with Gasteiger partial charge in [-0.15, -0.1) is 0 Å². The number of hydrogen-bond donors (Lipinski definition) is 0. The summed E-state index contributed by atoms with van der Waals surface area (Å²) in [4.78, 5) is 0. The predicted octanol–water partition coefficient (Wildman–Crippen LogP) is 5.56. The first-order valence-electron chi connectivity index (χ1n) is 11.6. The fourth-order valence-corrected chi connectivity index (χ4v) is 8.88. The van der Waals surface area contributed by atoms with E-state index in [0.717, 1.165) is 13.2 Å². The van der Waals surface area contributed by atoms with E-state index in [9.17, 15) is 0 Å². The summed E-state index contributed by atoms with van der Waals surface area (Å²) in [6.07, 6.45) is 2.41. The largest absolute Gasteiger partial charge is 0.348 e. The summed E-state index contributed by atoms with van der Waals surface area (Å²) in [5.74, 6) is 0. The second kappa shape index (κ2) is 11.2. The van der Waals surface area contributed by atoms with E-state index >= 15 is 0 Å². The molecule has 0 saturated carbocycles. The van der Waals surface area contributed by atoms with Gasteiger partial charge in [-0.3, -0.25) is 4.67 Å². The van der Waals surface area contributed by atoms with Gasteiger partial charge in [0.25, 0.3) is 0 Å². The lowest BCUT2D eigenvalue weighted by molar-refractivity contribution is 0.263. The molecule has 5 rings (SSSR count). The van der Waals surface area contributed by atoms with Gasteiger partial charge < -0.3 is 4.52 Å². The zero-order valence-electron chi connectivity index (χ0n) is 18.7. The van der Waals surface area contributed by atoms with Crippen molar-refractivity contribution in [1.82, 2.24) is 4.67 Å². The molecule has 1 heterocycles. The third kappa shape index (κ3) is 5.43. The predicted molar refractivity (Wildman–Crippen MR) is 144 cm³/mol. The topological polar surface area (TPSA) is 12.5 Å². The Morgan fingerprint density at radius 2 is 1.03 bits per heavy atom. The molecule has 1 fully saturated rings. The lowest BCUT2D eigenvalue weighted by atomic mass is 10.2. The number of rotatable bonds is 8. The van der Waals surface area contributed by atoms with Crippen LogP contribution in [-0.4, -0.2) is 23.9 Å².